The summed E-state index contributed by atoms with van der Waals surface area (Å²) in [7, 11) is -3.71. The number of aryl methyl sites for hydroxylation is 3. The van der Waals surface area contributed by atoms with Crippen LogP contribution in [0.2, 0.25) is 0 Å². The van der Waals surface area contributed by atoms with Crippen LogP contribution >= 0.6 is 0 Å². The summed E-state index contributed by atoms with van der Waals surface area (Å²) in [4.78, 5) is 12.4. The maximum Gasteiger partial charge on any atom is 0.244 e. The predicted octanol–water partition coefficient (Wildman–Crippen LogP) is 2.54. The number of hydrogen-bond donors (Lipinski definition) is 1. The van der Waals surface area contributed by atoms with Gasteiger partial charge in [-0.2, -0.15) is 4.31 Å². The van der Waals surface area contributed by atoms with E-state index in [1.165, 1.54) is 4.31 Å². The number of likely N-dealkylation sites (N-methyl/N-ethyl adjacent to an activating group) is 1. The minimum atomic E-state index is -3.71. The zero-order valence-corrected chi connectivity index (χ0v) is 16.0. The number of sulfonamides is 1. The summed E-state index contributed by atoms with van der Waals surface area (Å²) < 4.78 is 27.1. The van der Waals surface area contributed by atoms with Gasteiger partial charge in [0.25, 0.3) is 0 Å². The van der Waals surface area contributed by atoms with Crippen LogP contribution in [0.5, 0.6) is 0 Å². The molecule has 0 radical (unpaired) electrons. The molecule has 0 aliphatic rings. The van der Waals surface area contributed by atoms with Gasteiger partial charge in [0.2, 0.25) is 15.9 Å². The van der Waals surface area contributed by atoms with E-state index in [-0.39, 0.29) is 19.0 Å². The largest absolute Gasteiger partial charge is 0.350 e. The van der Waals surface area contributed by atoms with E-state index >= 15 is 0 Å². The van der Waals surface area contributed by atoms with Gasteiger partial charge in [-0.15, -0.1) is 0 Å². The second-order valence-electron chi connectivity index (χ2n) is 6.96. The van der Waals surface area contributed by atoms with Gasteiger partial charge in [0, 0.05) is 12.1 Å². The number of nitrogens with zero attached hydrogens (tertiary/aromatic N) is 1. The molecular weight excluding hydrogens is 312 g/mol. The van der Waals surface area contributed by atoms with E-state index < -0.39 is 15.6 Å². The molecule has 1 N–H and O–H groups in total. The molecule has 0 atom stereocenters. The molecule has 23 heavy (non-hydrogen) atoms. The fourth-order valence-corrected chi connectivity index (χ4v) is 4.50. The van der Waals surface area contributed by atoms with Crippen LogP contribution in [-0.4, -0.2) is 37.3 Å². The molecule has 1 amide bonds. The van der Waals surface area contributed by atoms with Crippen molar-refractivity contribution in [2.75, 3.05) is 13.1 Å². The molecule has 0 saturated carbocycles. The Morgan fingerprint density at radius 1 is 1.13 bits per heavy atom. The van der Waals surface area contributed by atoms with Crippen molar-refractivity contribution in [3.63, 3.8) is 0 Å². The van der Waals surface area contributed by atoms with E-state index in [2.05, 4.69) is 5.32 Å². The van der Waals surface area contributed by atoms with E-state index in [0.717, 1.165) is 5.56 Å². The lowest BCUT2D eigenvalue weighted by molar-refractivity contribution is -0.122. The Kier molecular flexibility index (Phi) is 5.99. The number of benzene rings is 1. The van der Waals surface area contributed by atoms with Crippen molar-refractivity contribution in [3.8, 4) is 0 Å². The summed E-state index contributed by atoms with van der Waals surface area (Å²) in [6.45, 7) is 12.9. The number of carbonyl (C=O) groups is 1. The molecule has 0 fully saturated rings. The Morgan fingerprint density at radius 3 is 2.00 bits per heavy atom. The Balaban J connectivity index is 3.17. The van der Waals surface area contributed by atoms with Gasteiger partial charge in [-0.1, -0.05) is 24.6 Å². The maximum absolute atomic E-state index is 13.0. The third-order valence-electron chi connectivity index (χ3n) is 3.39. The van der Waals surface area contributed by atoms with Crippen LogP contribution in [-0.2, 0) is 14.8 Å². The zero-order chi connectivity index (χ0) is 18.0. The van der Waals surface area contributed by atoms with Gasteiger partial charge >= 0.3 is 0 Å². The van der Waals surface area contributed by atoms with Crippen molar-refractivity contribution < 1.29 is 13.2 Å². The van der Waals surface area contributed by atoms with Crippen molar-refractivity contribution in [1.82, 2.24) is 9.62 Å². The van der Waals surface area contributed by atoms with Crippen LogP contribution < -0.4 is 5.32 Å². The fourth-order valence-electron chi connectivity index (χ4n) is 2.69. The van der Waals surface area contributed by atoms with Crippen molar-refractivity contribution in [2.45, 2.75) is 58.9 Å². The number of rotatable bonds is 5. The van der Waals surface area contributed by atoms with Crippen LogP contribution in [0.25, 0.3) is 0 Å². The van der Waals surface area contributed by atoms with Crippen LogP contribution in [0.15, 0.2) is 17.0 Å². The first-order chi connectivity index (χ1) is 10.4. The summed E-state index contributed by atoms with van der Waals surface area (Å²) in [5.74, 6) is -0.301. The van der Waals surface area contributed by atoms with Gasteiger partial charge in [0.1, 0.15) is 0 Å². The number of hydrogen-bond acceptors (Lipinski definition) is 3. The Hall–Kier alpha value is -1.40. The molecule has 6 heteroatoms. The molecule has 0 unspecified atom stereocenters. The SMILES string of the molecule is CCN(CC(=O)NC(C)(C)C)S(=O)(=O)c1c(C)cc(C)cc1C. The molecule has 0 spiro atoms. The van der Waals surface area contributed by atoms with Gasteiger partial charge in [0.15, 0.2) is 0 Å². The van der Waals surface area contributed by atoms with Gasteiger partial charge < -0.3 is 5.32 Å². The monoisotopic (exact) mass is 340 g/mol. The lowest BCUT2D eigenvalue weighted by Crippen LogP contribution is -2.47. The Morgan fingerprint density at radius 2 is 1.61 bits per heavy atom. The normalized spacial score (nSPS) is 12.5. The standard InChI is InChI=1S/C17H28N2O3S/c1-8-19(11-15(20)18-17(5,6)7)23(21,22)16-13(3)9-12(2)10-14(16)4/h9-10H,8,11H2,1-7H3,(H,18,20). The van der Waals surface area contributed by atoms with E-state index in [1.54, 1.807) is 20.8 Å². The minimum Gasteiger partial charge on any atom is -0.350 e. The van der Waals surface area contributed by atoms with E-state index in [9.17, 15) is 13.2 Å². The number of amides is 1. The second-order valence-corrected chi connectivity index (χ2v) is 8.83. The molecule has 0 aliphatic carbocycles. The quantitative estimate of drug-likeness (QED) is 0.896. The lowest BCUT2D eigenvalue weighted by Gasteiger charge is -2.25. The lowest BCUT2D eigenvalue weighted by atomic mass is 10.1. The molecule has 130 valence electrons. The topological polar surface area (TPSA) is 66.5 Å². The molecule has 0 bridgehead atoms. The highest BCUT2D eigenvalue weighted by molar-refractivity contribution is 7.89. The third kappa shape index (κ3) is 5.04. The highest BCUT2D eigenvalue weighted by Gasteiger charge is 2.29. The van der Waals surface area contributed by atoms with E-state index in [4.69, 9.17) is 0 Å². The van der Waals surface area contributed by atoms with Gasteiger partial charge in [-0.05, 0) is 52.7 Å². The minimum absolute atomic E-state index is 0.178. The molecule has 1 aromatic rings. The van der Waals surface area contributed by atoms with E-state index in [0.29, 0.717) is 16.0 Å². The first-order valence-electron chi connectivity index (χ1n) is 7.77. The van der Waals surface area contributed by atoms with Crippen molar-refractivity contribution >= 4 is 15.9 Å². The zero-order valence-electron chi connectivity index (χ0n) is 15.1. The van der Waals surface area contributed by atoms with Gasteiger partial charge in [-0.3, -0.25) is 4.79 Å². The molecule has 0 aromatic heterocycles. The summed E-state index contributed by atoms with van der Waals surface area (Å²) >= 11 is 0. The second kappa shape index (κ2) is 7.01. The van der Waals surface area contributed by atoms with E-state index in [1.807, 2.05) is 39.8 Å². The molecule has 0 heterocycles. The van der Waals surface area contributed by atoms with Crippen LogP contribution in [0.3, 0.4) is 0 Å². The van der Waals surface area contributed by atoms with Crippen molar-refractivity contribution in [2.24, 2.45) is 0 Å². The van der Waals surface area contributed by atoms with Crippen LogP contribution in [0.1, 0.15) is 44.4 Å². The average Bonchev–Trinajstić information content (AvgIpc) is 2.31. The fraction of sp³-hybridized carbons (Fsp3) is 0.588. The number of carbonyl (C=O) groups excluding carboxylic acids is 1. The van der Waals surface area contributed by atoms with Crippen molar-refractivity contribution in [1.29, 1.82) is 0 Å². The Labute approximate surface area is 140 Å². The summed E-state index contributed by atoms with van der Waals surface area (Å²) in [6, 6.07) is 3.70. The predicted molar refractivity (Wildman–Crippen MR) is 93.0 cm³/mol. The van der Waals surface area contributed by atoms with Crippen LogP contribution in [0.4, 0.5) is 0 Å². The first kappa shape index (κ1) is 19.6. The molecule has 1 rings (SSSR count). The molecule has 5 nitrogen and oxygen atoms in total. The molecular formula is C17H28N2O3S. The highest BCUT2D eigenvalue weighted by Crippen LogP contribution is 2.25. The average molecular weight is 340 g/mol. The van der Waals surface area contributed by atoms with Crippen molar-refractivity contribution in [3.05, 3.63) is 28.8 Å². The summed E-state index contributed by atoms with van der Waals surface area (Å²) in [5, 5.41) is 2.80. The molecule has 1 aromatic carbocycles. The number of nitrogens with one attached hydrogen (secondary N) is 1. The summed E-state index contributed by atoms with van der Waals surface area (Å²) in [6.07, 6.45) is 0. The first-order valence-corrected chi connectivity index (χ1v) is 9.21. The molecule has 0 saturated heterocycles. The van der Waals surface area contributed by atoms with Gasteiger partial charge in [0.05, 0.1) is 11.4 Å². The maximum atomic E-state index is 13.0. The third-order valence-corrected chi connectivity index (χ3v) is 5.62. The van der Waals surface area contributed by atoms with Crippen LogP contribution in [0, 0.1) is 20.8 Å². The summed E-state index contributed by atoms with van der Waals surface area (Å²) in [5.41, 5.74) is 2.04. The Bertz CT molecular complexity index is 665. The molecule has 0 aliphatic heterocycles. The highest BCUT2D eigenvalue weighted by atomic mass is 32.2. The van der Waals surface area contributed by atoms with Gasteiger partial charge in [-0.25, -0.2) is 8.42 Å². The smallest absolute Gasteiger partial charge is 0.244 e.